The van der Waals surface area contributed by atoms with E-state index in [1.807, 2.05) is 0 Å². The Morgan fingerprint density at radius 2 is 1.90 bits per heavy atom. The third-order valence-electron chi connectivity index (χ3n) is 3.13. The maximum atomic E-state index is 12.0. The van der Waals surface area contributed by atoms with Crippen LogP contribution in [0.5, 0.6) is 0 Å². The summed E-state index contributed by atoms with van der Waals surface area (Å²) in [5, 5.41) is 20.3. The highest BCUT2D eigenvalue weighted by atomic mass is 35.5. The number of aromatic amines is 1. The number of aliphatic hydroxyl groups excluding tert-OH is 2. The molecule has 0 fully saturated rings. The SMILES string of the molecule is O=C1C=C(O)C(=O)C(c2c[nH]c3c(Cl)cccc23)=C1O. The van der Waals surface area contributed by atoms with Gasteiger partial charge in [-0.3, -0.25) is 9.59 Å². The zero-order valence-electron chi connectivity index (χ0n) is 9.98. The topological polar surface area (TPSA) is 90.4 Å². The number of Topliss-reactive ketones (excluding diaryl/α,β-unsaturated/α-hetero) is 1. The van der Waals surface area contributed by atoms with Gasteiger partial charge in [0.2, 0.25) is 11.6 Å². The lowest BCUT2D eigenvalue weighted by Crippen LogP contribution is -2.18. The Kier molecular flexibility index (Phi) is 2.65. The molecule has 3 rings (SSSR count). The fourth-order valence-electron chi connectivity index (χ4n) is 2.19. The van der Waals surface area contributed by atoms with E-state index >= 15 is 0 Å². The van der Waals surface area contributed by atoms with E-state index < -0.39 is 23.1 Å². The highest BCUT2D eigenvalue weighted by Gasteiger charge is 2.31. The van der Waals surface area contributed by atoms with Crippen LogP contribution in [-0.4, -0.2) is 26.8 Å². The van der Waals surface area contributed by atoms with E-state index in [9.17, 15) is 19.8 Å². The Labute approximate surface area is 117 Å². The minimum Gasteiger partial charge on any atom is -0.504 e. The molecular weight excluding hydrogens is 282 g/mol. The smallest absolute Gasteiger partial charge is 0.231 e. The summed E-state index contributed by atoms with van der Waals surface area (Å²) in [4.78, 5) is 26.4. The minimum atomic E-state index is -0.812. The van der Waals surface area contributed by atoms with Gasteiger partial charge in [-0.05, 0) is 6.07 Å². The van der Waals surface area contributed by atoms with Gasteiger partial charge in [0.1, 0.15) is 0 Å². The lowest BCUT2D eigenvalue weighted by Gasteiger charge is -2.11. The third kappa shape index (κ3) is 1.64. The Hall–Kier alpha value is -2.53. The molecule has 0 aliphatic heterocycles. The predicted octanol–water partition coefficient (Wildman–Crippen LogP) is 2.68. The van der Waals surface area contributed by atoms with Crippen LogP contribution in [-0.2, 0) is 9.59 Å². The van der Waals surface area contributed by atoms with Crippen molar-refractivity contribution in [2.24, 2.45) is 0 Å². The number of H-pyrrole nitrogens is 1. The van der Waals surface area contributed by atoms with Crippen LogP contribution < -0.4 is 0 Å². The van der Waals surface area contributed by atoms with E-state index in [0.29, 0.717) is 27.6 Å². The molecule has 3 N–H and O–H groups in total. The van der Waals surface area contributed by atoms with Crippen LogP contribution in [0.4, 0.5) is 0 Å². The number of fused-ring (bicyclic) bond motifs is 1. The molecule has 5 nitrogen and oxygen atoms in total. The second-order valence-electron chi connectivity index (χ2n) is 4.31. The van der Waals surface area contributed by atoms with Crippen molar-refractivity contribution < 1.29 is 19.8 Å². The number of aromatic nitrogens is 1. The van der Waals surface area contributed by atoms with E-state index in [1.165, 1.54) is 6.20 Å². The van der Waals surface area contributed by atoms with Crippen LogP contribution in [0.3, 0.4) is 0 Å². The molecule has 20 heavy (non-hydrogen) atoms. The molecule has 1 aliphatic carbocycles. The van der Waals surface area contributed by atoms with Gasteiger partial charge >= 0.3 is 0 Å². The van der Waals surface area contributed by atoms with Crippen molar-refractivity contribution in [3.63, 3.8) is 0 Å². The normalized spacial score (nSPS) is 15.9. The first-order valence-electron chi connectivity index (χ1n) is 5.69. The van der Waals surface area contributed by atoms with Crippen LogP contribution in [0, 0.1) is 0 Å². The van der Waals surface area contributed by atoms with Gasteiger partial charge in [0.25, 0.3) is 0 Å². The first-order chi connectivity index (χ1) is 9.50. The number of carbonyl (C=O) groups excluding carboxylic acids is 2. The van der Waals surface area contributed by atoms with Crippen molar-refractivity contribution >= 4 is 39.6 Å². The molecule has 0 saturated heterocycles. The van der Waals surface area contributed by atoms with Gasteiger partial charge in [-0.2, -0.15) is 0 Å². The monoisotopic (exact) mass is 289 g/mol. The van der Waals surface area contributed by atoms with Crippen molar-refractivity contribution in [1.29, 1.82) is 0 Å². The molecule has 100 valence electrons. The second kappa shape index (κ2) is 4.25. The number of nitrogens with one attached hydrogen (secondary N) is 1. The standard InChI is InChI=1S/C14H8ClNO4/c15-8-3-1-2-6-7(5-16-12(6)8)11-13(19)9(17)4-10(18)14(11)20/h1-5,16-17,20H. The number of hydrogen-bond donors (Lipinski definition) is 3. The number of halogens is 1. The fourth-order valence-corrected chi connectivity index (χ4v) is 2.42. The zero-order chi connectivity index (χ0) is 14.4. The molecule has 0 amide bonds. The van der Waals surface area contributed by atoms with Crippen molar-refractivity contribution in [3.8, 4) is 0 Å². The largest absolute Gasteiger partial charge is 0.504 e. The van der Waals surface area contributed by atoms with Gasteiger partial charge in [-0.25, -0.2) is 0 Å². The predicted molar refractivity (Wildman–Crippen MR) is 73.6 cm³/mol. The minimum absolute atomic E-state index is 0.233. The van der Waals surface area contributed by atoms with Crippen molar-refractivity contribution in [3.05, 3.63) is 52.6 Å². The number of rotatable bonds is 1. The number of allylic oxidation sites excluding steroid dienone is 2. The summed E-state index contributed by atoms with van der Waals surface area (Å²) in [6.45, 7) is 0. The number of carbonyl (C=O) groups is 2. The zero-order valence-corrected chi connectivity index (χ0v) is 10.7. The van der Waals surface area contributed by atoms with Gasteiger partial charge in [0.05, 0.1) is 16.1 Å². The van der Waals surface area contributed by atoms with Crippen LogP contribution in [0.2, 0.25) is 5.02 Å². The molecule has 0 atom stereocenters. The molecule has 1 heterocycles. The van der Waals surface area contributed by atoms with Crippen molar-refractivity contribution in [2.75, 3.05) is 0 Å². The molecule has 0 saturated carbocycles. The van der Waals surface area contributed by atoms with Crippen molar-refractivity contribution in [2.45, 2.75) is 0 Å². The quantitative estimate of drug-likeness (QED) is 0.704. The van der Waals surface area contributed by atoms with E-state index in [4.69, 9.17) is 11.6 Å². The molecule has 0 bridgehead atoms. The molecular formula is C14H8ClNO4. The first-order valence-corrected chi connectivity index (χ1v) is 6.07. The first kappa shape index (κ1) is 12.5. The highest BCUT2D eigenvalue weighted by molar-refractivity contribution is 6.39. The van der Waals surface area contributed by atoms with Gasteiger partial charge in [0, 0.05) is 23.2 Å². The molecule has 1 aromatic carbocycles. The van der Waals surface area contributed by atoms with E-state index in [0.717, 1.165) is 0 Å². The number of benzene rings is 1. The van der Waals surface area contributed by atoms with E-state index in [2.05, 4.69) is 4.98 Å². The summed E-state index contributed by atoms with van der Waals surface area (Å²) in [7, 11) is 0. The molecule has 2 aromatic rings. The molecule has 0 spiro atoms. The summed E-state index contributed by atoms with van der Waals surface area (Å²) < 4.78 is 0. The molecule has 1 aromatic heterocycles. The summed E-state index contributed by atoms with van der Waals surface area (Å²) >= 11 is 6.02. The third-order valence-corrected chi connectivity index (χ3v) is 3.45. The van der Waals surface area contributed by atoms with Crippen LogP contribution >= 0.6 is 11.6 Å². The van der Waals surface area contributed by atoms with E-state index in [1.54, 1.807) is 18.2 Å². The Balaban J connectivity index is 2.30. The molecule has 6 heteroatoms. The summed E-state index contributed by atoms with van der Waals surface area (Å²) in [6.07, 6.45) is 2.16. The van der Waals surface area contributed by atoms with Crippen LogP contribution in [0.25, 0.3) is 16.5 Å². The number of aliphatic hydroxyl groups is 2. The Bertz CT molecular complexity index is 829. The Morgan fingerprint density at radius 3 is 2.65 bits per heavy atom. The molecule has 0 unspecified atom stereocenters. The van der Waals surface area contributed by atoms with Gasteiger partial charge < -0.3 is 15.2 Å². The fraction of sp³-hybridized carbons (Fsp3) is 0. The van der Waals surface area contributed by atoms with Crippen LogP contribution in [0.15, 0.2) is 42.0 Å². The average molecular weight is 290 g/mol. The van der Waals surface area contributed by atoms with Gasteiger partial charge in [-0.1, -0.05) is 23.7 Å². The number of ketones is 2. The average Bonchev–Trinajstić information content (AvgIpc) is 2.83. The number of para-hydroxylation sites is 1. The van der Waals surface area contributed by atoms with E-state index in [-0.39, 0.29) is 5.57 Å². The van der Waals surface area contributed by atoms with Crippen molar-refractivity contribution in [1.82, 2.24) is 4.98 Å². The summed E-state index contributed by atoms with van der Waals surface area (Å²) in [5.41, 5.74) is 0.667. The highest BCUT2D eigenvalue weighted by Crippen LogP contribution is 2.33. The molecule has 0 radical (unpaired) electrons. The Morgan fingerprint density at radius 1 is 1.15 bits per heavy atom. The maximum Gasteiger partial charge on any atom is 0.231 e. The maximum absolute atomic E-state index is 12.0. The lowest BCUT2D eigenvalue weighted by molar-refractivity contribution is -0.117. The lowest BCUT2D eigenvalue weighted by atomic mass is 9.93. The summed E-state index contributed by atoms with van der Waals surface area (Å²) in [5.74, 6) is -3.00. The number of hydrogen-bond acceptors (Lipinski definition) is 4. The second-order valence-corrected chi connectivity index (χ2v) is 4.72. The van der Waals surface area contributed by atoms with Crippen LogP contribution in [0.1, 0.15) is 5.56 Å². The van der Waals surface area contributed by atoms with Gasteiger partial charge in [-0.15, -0.1) is 0 Å². The molecule has 1 aliphatic rings. The summed E-state index contributed by atoms with van der Waals surface area (Å²) in [6, 6.07) is 5.05. The van der Waals surface area contributed by atoms with Gasteiger partial charge in [0.15, 0.2) is 11.5 Å².